The van der Waals surface area contributed by atoms with Crippen molar-refractivity contribution in [2.75, 3.05) is 33.3 Å². The molecule has 1 aromatic heterocycles. The molecule has 2 aromatic rings. The third kappa shape index (κ3) is 4.72. The number of rotatable bonds is 6. The molecule has 1 saturated heterocycles. The number of ether oxygens (including phenoxy) is 1. The van der Waals surface area contributed by atoms with Gasteiger partial charge in [0, 0.05) is 39.7 Å². The van der Waals surface area contributed by atoms with E-state index in [9.17, 15) is 0 Å². The van der Waals surface area contributed by atoms with E-state index in [1.54, 1.807) is 0 Å². The Morgan fingerprint density at radius 1 is 1.36 bits per heavy atom. The number of aromatic amines is 1. The topological polar surface area (TPSA) is 65.5 Å². The second kappa shape index (κ2) is 8.85. The van der Waals surface area contributed by atoms with Gasteiger partial charge in [-0.2, -0.15) is 0 Å². The molecule has 1 aliphatic rings. The lowest BCUT2D eigenvalue weighted by Crippen LogP contribution is -2.47. The summed E-state index contributed by atoms with van der Waals surface area (Å²) in [4.78, 5) is 14.8. The molecule has 3 rings (SSSR count). The number of aryl methyl sites for hydroxylation is 1. The molecule has 0 bridgehead atoms. The molecule has 0 atom stereocenters. The van der Waals surface area contributed by atoms with Crippen molar-refractivity contribution in [3.05, 3.63) is 30.1 Å². The number of fused-ring (bicyclic) bond motifs is 1. The van der Waals surface area contributed by atoms with Crippen LogP contribution in [0.15, 0.2) is 29.3 Å². The summed E-state index contributed by atoms with van der Waals surface area (Å²) in [6, 6.07) is 8.16. The molecule has 0 spiro atoms. The molecule has 25 heavy (non-hydrogen) atoms. The Kier molecular flexibility index (Phi) is 6.28. The fourth-order valence-corrected chi connectivity index (χ4v) is 3.38. The third-order valence-corrected chi connectivity index (χ3v) is 4.67. The van der Waals surface area contributed by atoms with Crippen molar-refractivity contribution in [2.24, 2.45) is 4.99 Å². The number of hydrogen-bond donors (Lipinski definition) is 2. The normalized spacial score (nSPS) is 16.6. The predicted octanol–water partition coefficient (Wildman–Crippen LogP) is 2.57. The van der Waals surface area contributed by atoms with Crippen LogP contribution in [-0.4, -0.2) is 60.2 Å². The van der Waals surface area contributed by atoms with Crippen LogP contribution in [0.4, 0.5) is 0 Å². The van der Waals surface area contributed by atoms with Crippen LogP contribution in [0, 0.1) is 0 Å². The third-order valence-electron chi connectivity index (χ3n) is 4.67. The molecule has 6 heteroatoms. The summed E-state index contributed by atoms with van der Waals surface area (Å²) in [6.07, 6.45) is 4.52. The fraction of sp³-hybridized carbons (Fsp3) is 0.579. The second-order valence-electron chi connectivity index (χ2n) is 6.42. The zero-order chi connectivity index (χ0) is 17.5. The van der Waals surface area contributed by atoms with Crippen LogP contribution in [0.1, 0.15) is 32.0 Å². The molecule has 0 saturated carbocycles. The molecule has 6 nitrogen and oxygen atoms in total. The Morgan fingerprint density at radius 3 is 2.88 bits per heavy atom. The number of nitrogens with one attached hydrogen (secondary N) is 2. The molecule has 0 aliphatic carbocycles. The summed E-state index contributed by atoms with van der Waals surface area (Å²) in [5.41, 5.74) is 2.15. The lowest BCUT2D eigenvalue weighted by Gasteiger charge is -2.34. The highest BCUT2D eigenvalue weighted by atomic mass is 16.5. The van der Waals surface area contributed by atoms with E-state index in [1.807, 2.05) is 25.2 Å². The molecule has 0 radical (unpaired) electrons. The first kappa shape index (κ1) is 17.7. The van der Waals surface area contributed by atoms with Gasteiger partial charge in [-0.3, -0.25) is 4.99 Å². The van der Waals surface area contributed by atoms with Crippen molar-refractivity contribution >= 4 is 17.0 Å². The van der Waals surface area contributed by atoms with Gasteiger partial charge in [0.05, 0.1) is 17.1 Å². The number of piperidine rings is 1. The first-order valence-electron chi connectivity index (χ1n) is 9.31. The first-order valence-corrected chi connectivity index (χ1v) is 9.31. The van der Waals surface area contributed by atoms with E-state index in [4.69, 9.17) is 4.74 Å². The minimum absolute atomic E-state index is 0.410. The van der Waals surface area contributed by atoms with Crippen LogP contribution in [0.2, 0.25) is 0 Å². The Balaban J connectivity index is 1.41. The summed E-state index contributed by atoms with van der Waals surface area (Å²) in [5, 5.41) is 3.48. The van der Waals surface area contributed by atoms with Crippen molar-refractivity contribution < 1.29 is 4.74 Å². The molecular weight excluding hydrogens is 314 g/mol. The highest BCUT2D eigenvalue weighted by molar-refractivity contribution is 5.80. The van der Waals surface area contributed by atoms with Crippen molar-refractivity contribution in [3.8, 4) is 0 Å². The molecule has 1 aliphatic heterocycles. The number of aromatic nitrogens is 2. The first-order chi connectivity index (χ1) is 12.3. The summed E-state index contributed by atoms with van der Waals surface area (Å²) in [5.74, 6) is 2.05. The molecule has 0 amide bonds. The Labute approximate surface area is 149 Å². The molecule has 1 aromatic carbocycles. The van der Waals surface area contributed by atoms with Crippen LogP contribution in [0.5, 0.6) is 0 Å². The van der Waals surface area contributed by atoms with E-state index in [0.717, 1.165) is 74.7 Å². The van der Waals surface area contributed by atoms with Crippen molar-refractivity contribution in [1.29, 1.82) is 0 Å². The quantitative estimate of drug-likeness (QED) is 0.481. The number of H-pyrrole nitrogens is 1. The van der Waals surface area contributed by atoms with Gasteiger partial charge in [-0.15, -0.1) is 0 Å². The molecule has 0 unspecified atom stereocenters. The number of para-hydroxylation sites is 2. The van der Waals surface area contributed by atoms with Gasteiger partial charge in [-0.05, 0) is 38.3 Å². The number of nitrogens with zero attached hydrogens (tertiary/aromatic N) is 3. The SMILES string of the molecule is CCOC1CCN(C(=NC)NCCCc2nc3ccccc3[nH]2)CC1. The van der Waals surface area contributed by atoms with Crippen LogP contribution in [0.3, 0.4) is 0 Å². The molecular formula is C19H29N5O. The molecule has 136 valence electrons. The number of imidazole rings is 1. The lowest BCUT2D eigenvalue weighted by molar-refractivity contribution is 0.0264. The highest BCUT2D eigenvalue weighted by Crippen LogP contribution is 2.14. The highest BCUT2D eigenvalue weighted by Gasteiger charge is 2.21. The van der Waals surface area contributed by atoms with Gasteiger partial charge in [0.15, 0.2) is 5.96 Å². The standard InChI is InChI=1S/C19H29N5O/c1-3-25-15-10-13-24(14-11-15)19(20-2)21-12-6-9-18-22-16-7-4-5-8-17(16)23-18/h4-5,7-8,15H,3,6,9-14H2,1-2H3,(H,20,21)(H,22,23). The minimum atomic E-state index is 0.410. The van der Waals surface area contributed by atoms with E-state index in [-0.39, 0.29) is 0 Å². The Morgan fingerprint density at radius 2 is 2.16 bits per heavy atom. The number of aliphatic imine (C=N–C) groups is 1. The second-order valence-corrected chi connectivity index (χ2v) is 6.42. The molecule has 1 fully saturated rings. The van der Waals surface area contributed by atoms with E-state index in [1.165, 1.54) is 0 Å². The van der Waals surface area contributed by atoms with Gasteiger partial charge in [-0.1, -0.05) is 12.1 Å². The van der Waals surface area contributed by atoms with E-state index >= 15 is 0 Å². The summed E-state index contributed by atoms with van der Waals surface area (Å²) >= 11 is 0. The van der Waals surface area contributed by atoms with Crippen molar-refractivity contribution in [2.45, 2.75) is 38.7 Å². The number of hydrogen-bond acceptors (Lipinski definition) is 3. The van der Waals surface area contributed by atoms with Gasteiger partial charge >= 0.3 is 0 Å². The van der Waals surface area contributed by atoms with E-state index in [2.05, 4.69) is 38.2 Å². The maximum absolute atomic E-state index is 5.72. The van der Waals surface area contributed by atoms with Crippen LogP contribution < -0.4 is 5.32 Å². The van der Waals surface area contributed by atoms with E-state index in [0.29, 0.717) is 6.10 Å². The van der Waals surface area contributed by atoms with Crippen molar-refractivity contribution in [3.63, 3.8) is 0 Å². The monoisotopic (exact) mass is 343 g/mol. The maximum Gasteiger partial charge on any atom is 0.193 e. The van der Waals surface area contributed by atoms with Gasteiger partial charge < -0.3 is 19.9 Å². The summed E-state index contributed by atoms with van der Waals surface area (Å²) in [6.45, 7) is 5.78. The summed E-state index contributed by atoms with van der Waals surface area (Å²) < 4.78 is 5.72. The Bertz CT molecular complexity index is 655. The minimum Gasteiger partial charge on any atom is -0.378 e. The van der Waals surface area contributed by atoms with Gasteiger partial charge in [0.2, 0.25) is 0 Å². The number of benzene rings is 1. The molecule has 2 heterocycles. The zero-order valence-electron chi connectivity index (χ0n) is 15.3. The number of likely N-dealkylation sites (tertiary alicyclic amines) is 1. The Hall–Kier alpha value is -2.08. The average Bonchev–Trinajstić information content (AvgIpc) is 3.06. The van der Waals surface area contributed by atoms with Crippen molar-refractivity contribution in [1.82, 2.24) is 20.2 Å². The smallest absolute Gasteiger partial charge is 0.193 e. The van der Waals surface area contributed by atoms with Gasteiger partial charge in [0.25, 0.3) is 0 Å². The molecule has 2 N–H and O–H groups in total. The maximum atomic E-state index is 5.72. The van der Waals surface area contributed by atoms with Gasteiger partial charge in [0.1, 0.15) is 5.82 Å². The van der Waals surface area contributed by atoms with Crippen LogP contribution in [0.25, 0.3) is 11.0 Å². The van der Waals surface area contributed by atoms with Crippen LogP contribution >= 0.6 is 0 Å². The zero-order valence-corrected chi connectivity index (χ0v) is 15.3. The lowest BCUT2D eigenvalue weighted by atomic mass is 10.1. The predicted molar refractivity (Wildman–Crippen MR) is 102 cm³/mol. The van der Waals surface area contributed by atoms with Gasteiger partial charge in [-0.25, -0.2) is 4.98 Å². The van der Waals surface area contributed by atoms with E-state index < -0.39 is 0 Å². The number of guanidine groups is 1. The summed E-state index contributed by atoms with van der Waals surface area (Å²) in [7, 11) is 1.86. The fourth-order valence-electron chi connectivity index (χ4n) is 3.38. The largest absolute Gasteiger partial charge is 0.378 e. The van der Waals surface area contributed by atoms with Crippen LogP contribution in [-0.2, 0) is 11.2 Å². The average molecular weight is 343 g/mol.